The van der Waals surface area contributed by atoms with Gasteiger partial charge in [-0.15, -0.1) is 0 Å². The molecule has 3 rings (SSSR count). The lowest BCUT2D eigenvalue weighted by atomic mass is 9.35. The Bertz CT molecular complexity index is 198. The minimum atomic E-state index is -0.0499. The Morgan fingerprint density at radius 2 is 1.90 bits per heavy atom. The molecular formula is C8H10O2. The summed E-state index contributed by atoms with van der Waals surface area (Å²) in [5.74, 6) is 0.274. The first-order valence-corrected chi connectivity index (χ1v) is 3.60. The van der Waals surface area contributed by atoms with E-state index in [1.165, 1.54) is 0 Å². The van der Waals surface area contributed by atoms with E-state index in [0.717, 1.165) is 25.5 Å². The minimum absolute atomic E-state index is 0.0408. The number of Topliss-reactive ketones (excluding diaryl/α,β-unsaturated/α-hetero) is 1. The van der Waals surface area contributed by atoms with Crippen LogP contribution in [0.5, 0.6) is 0 Å². The third-order valence-electron chi connectivity index (χ3n) is 3.07. The van der Waals surface area contributed by atoms with Gasteiger partial charge >= 0.3 is 0 Å². The Labute approximate surface area is 59.6 Å². The second kappa shape index (κ2) is 1.34. The molecule has 2 heteroatoms. The van der Waals surface area contributed by atoms with E-state index in [1.54, 1.807) is 6.92 Å². The van der Waals surface area contributed by atoms with E-state index >= 15 is 0 Å². The molecule has 0 aromatic carbocycles. The third kappa shape index (κ3) is 0.425. The molecule has 54 valence electrons. The van der Waals surface area contributed by atoms with Crippen LogP contribution in [0, 0.1) is 10.8 Å². The van der Waals surface area contributed by atoms with Crippen LogP contribution >= 0.6 is 0 Å². The average molecular weight is 138 g/mol. The third-order valence-corrected chi connectivity index (χ3v) is 3.07. The van der Waals surface area contributed by atoms with Crippen molar-refractivity contribution in [2.45, 2.75) is 26.2 Å². The molecule has 0 aromatic heterocycles. The van der Waals surface area contributed by atoms with Gasteiger partial charge in [0, 0.05) is 10.8 Å². The van der Waals surface area contributed by atoms with E-state index in [4.69, 9.17) is 0 Å². The minimum Gasteiger partial charge on any atom is -0.303 e. The lowest BCUT2D eigenvalue weighted by Crippen LogP contribution is -2.65. The van der Waals surface area contributed by atoms with Crippen molar-refractivity contribution in [1.29, 1.82) is 0 Å². The van der Waals surface area contributed by atoms with Crippen molar-refractivity contribution in [2.75, 3.05) is 0 Å². The zero-order valence-electron chi connectivity index (χ0n) is 6.02. The molecule has 3 saturated carbocycles. The topological polar surface area (TPSA) is 34.1 Å². The van der Waals surface area contributed by atoms with Gasteiger partial charge in [0.2, 0.25) is 0 Å². The Hall–Kier alpha value is -0.660. The van der Waals surface area contributed by atoms with E-state index in [-0.39, 0.29) is 16.6 Å². The van der Waals surface area contributed by atoms with E-state index < -0.39 is 0 Å². The molecule has 0 aromatic rings. The summed E-state index contributed by atoms with van der Waals surface area (Å²) < 4.78 is 0. The molecule has 3 aliphatic rings. The van der Waals surface area contributed by atoms with Crippen molar-refractivity contribution in [3.63, 3.8) is 0 Å². The van der Waals surface area contributed by atoms with Gasteiger partial charge in [-0.3, -0.25) is 4.79 Å². The van der Waals surface area contributed by atoms with Crippen LogP contribution < -0.4 is 0 Å². The molecule has 0 heterocycles. The summed E-state index contributed by atoms with van der Waals surface area (Å²) >= 11 is 0. The normalized spacial score (nSPS) is 48.9. The van der Waals surface area contributed by atoms with Crippen molar-refractivity contribution in [3.8, 4) is 0 Å². The van der Waals surface area contributed by atoms with Crippen LogP contribution in [0.4, 0.5) is 0 Å². The van der Waals surface area contributed by atoms with Gasteiger partial charge in [0.05, 0.1) is 0 Å². The van der Waals surface area contributed by atoms with Crippen LogP contribution in [0.25, 0.3) is 0 Å². The number of rotatable bonds is 2. The number of carbonyl (C=O) groups is 2. The fourth-order valence-corrected chi connectivity index (χ4v) is 2.36. The Kier molecular flexibility index (Phi) is 0.812. The highest BCUT2D eigenvalue weighted by Crippen LogP contribution is 2.72. The van der Waals surface area contributed by atoms with Crippen LogP contribution in [0.1, 0.15) is 26.2 Å². The molecule has 2 nitrogen and oxygen atoms in total. The molecule has 3 fully saturated rings. The van der Waals surface area contributed by atoms with Gasteiger partial charge in [-0.25, -0.2) is 0 Å². The molecular weight excluding hydrogens is 128 g/mol. The Morgan fingerprint density at radius 1 is 1.40 bits per heavy atom. The quantitative estimate of drug-likeness (QED) is 0.532. The molecule has 0 atom stereocenters. The van der Waals surface area contributed by atoms with E-state index in [1.807, 2.05) is 0 Å². The molecule has 0 N–H and O–H groups in total. The van der Waals surface area contributed by atoms with Crippen LogP contribution in [-0.4, -0.2) is 12.1 Å². The maximum atomic E-state index is 10.9. The number of hydrogen-bond acceptors (Lipinski definition) is 2. The predicted molar refractivity (Wildman–Crippen MR) is 35.5 cm³/mol. The Balaban J connectivity index is 2.10. The second-order valence-corrected chi connectivity index (χ2v) is 3.85. The Morgan fingerprint density at radius 3 is 2.20 bits per heavy atom. The first-order chi connectivity index (χ1) is 4.63. The molecule has 0 aliphatic heterocycles. The van der Waals surface area contributed by atoms with Crippen LogP contribution in [0.3, 0.4) is 0 Å². The fourth-order valence-electron chi connectivity index (χ4n) is 2.36. The van der Waals surface area contributed by atoms with Crippen LogP contribution in [0.2, 0.25) is 0 Å². The SMILES string of the molecule is CC(=O)C12CC(C=O)(C1)C2. The monoisotopic (exact) mass is 138 g/mol. The highest BCUT2D eigenvalue weighted by atomic mass is 16.1. The summed E-state index contributed by atoms with van der Waals surface area (Å²) in [6.45, 7) is 1.63. The standard InChI is InChI=1S/C8H10O2/c1-6(10)8-2-7(3-8,4-8)5-9/h5H,2-4H2,1H3. The highest BCUT2D eigenvalue weighted by Gasteiger charge is 2.70. The zero-order valence-corrected chi connectivity index (χ0v) is 6.02. The van der Waals surface area contributed by atoms with Crippen LogP contribution in [-0.2, 0) is 9.59 Å². The van der Waals surface area contributed by atoms with Gasteiger partial charge in [0.15, 0.2) is 0 Å². The van der Waals surface area contributed by atoms with E-state index in [2.05, 4.69) is 0 Å². The molecule has 0 saturated heterocycles. The highest BCUT2D eigenvalue weighted by molar-refractivity contribution is 5.90. The van der Waals surface area contributed by atoms with Gasteiger partial charge in [-0.2, -0.15) is 0 Å². The number of hydrogen-bond donors (Lipinski definition) is 0. The maximum Gasteiger partial charge on any atom is 0.136 e. The van der Waals surface area contributed by atoms with Gasteiger partial charge in [-0.1, -0.05) is 0 Å². The summed E-state index contributed by atoms with van der Waals surface area (Å²) in [6.07, 6.45) is 3.52. The lowest BCUT2D eigenvalue weighted by molar-refractivity contribution is -0.195. The van der Waals surface area contributed by atoms with Gasteiger partial charge in [-0.05, 0) is 26.2 Å². The molecule has 0 unspecified atom stereocenters. The van der Waals surface area contributed by atoms with Crippen molar-refractivity contribution in [2.24, 2.45) is 10.8 Å². The van der Waals surface area contributed by atoms with Gasteiger partial charge < -0.3 is 4.79 Å². The van der Waals surface area contributed by atoms with Crippen molar-refractivity contribution >= 4 is 12.1 Å². The van der Waals surface area contributed by atoms with Crippen LogP contribution in [0.15, 0.2) is 0 Å². The maximum absolute atomic E-state index is 10.9. The van der Waals surface area contributed by atoms with Gasteiger partial charge in [0.25, 0.3) is 0 Å². The summed E-state index contributed by atoms with van der Waals surface area (Å²) in [5, 5.41) is 0. The number of ketones is 1. The molecule has 0 amide bonds. The summed E-state index contributed by atoms with van der Waals surface area (Å²) in [4.78, 5) is 21.3. The summed E-state index contributed by atoms with van der Waals surface area (Å²) in [5.41, 5.74) is -0.0907. The number of carbonyl (C=O) groups excluding carboxylic acids is 2. The smallest absolute Gasteiger partial charge is 0.136 e. The summed E-state index contributed by atoms with van der Waals surface area (Å²) in [6, 6.07) is 0. The van der Waals surface area contributed by atoms with Gasteiger partial charge in [0.1, 0.15) is 12.1 Å². The first-order valence-electron chi connectivity index (χ1n) is 3.60. The molecule has 2 bridgehead atoms. The summed E-state index contributed by atoms with van der Waals surface area (Å²) in [7, 11) is 0. The predicted octanol–water partition coefficient (Wildman–Crippen LogP) is 0.945. The largest absolute Gasteiger partial charge is 0.303 e. The average Bonchev–Trinajstić information content (AvgIpc) is 1.57. The number of aldehydes is 1. The fraction of sp³-hybridized carbons (Fsp3) is 0.750. The van der Waals surface area contributed by atoms with E-state index in [9.17, 15) is 9.59 Å². The molecule has 10 heavy (non-hydrogen) atoms. The van der Waals surface area contributed by atoms with E-state index in [0.29, 0.717) is 0 Å². The zero-order chi connectivity index (χ0) is 7.41. The second-order valence-electron chi connectivity index (χ2n) is 3.85. The van der Waals surface area contributed by atoms with Crippen molar-refractivity contribution in [3.05, 3.63) is 0 Å². The van der Waals surface area contributed by atoms with Crippen molar-refractivity contribution in [1.82, 2.24) is 0 Å². The first kappa shape index (κ1) is 6.08. The lowest BCUT2D eigenvalue weighted by Gasteiger charge is -2.66. The van der Waals surface area contributed by atoms with Crippen molar-refractivity contribution < 1.29 is 9.59 Å². The molecule has 3 aliphatic carbocycles. The molecule has 0 spiro atoms. The molecule has 0 radical (unpaired) electrons.